The van der Waals surface area contributed by atoms with Crippen LogP contribution in [0.15, 0.2) is 15.6 Å². The first-order valence-corrected chi connectivity index (χ1v) is 4.75. The molecule has 0 fully saturated rings. The summed E-state index contributed by atoms with van der Waals surface area (Å²) in [7, 11) is 1.83. The van der Waals surface area contributed by atoms with Gasteiger partial charge < -0.3 is 0 Å². The second kappa shape index (κ2) is 5.53. The minimum Gasteiger partial charge on any atom is -0.292 e. The fourth-order valence-electron chi connectivity index (χ4n) is 0.925. The van der Waals surface area contributed by atoms with Crippen LogP contribution in [-0.4, -0.2) is 12.8 Å². The van der Waals surface area contributed by atoms with Crippen molar-refractivity contribution in [3.05, 3.63) is 10.6 Å². The molecule has 0 spiro atoms. The van der Waals surface area contributed by atoms with Gasteiger partial charge in [0.05, 0.1) is 5.71 Å². The summed E-state index contributed by atoms with van der Waals surface area (Å²) >= 11 is 3.50. The van der Waals surface area contributed by atoms with E-state index in [9.17, 15) is 0 Å². The van der Waals surface area contributed by atoms with E-state index in [2.05, 4.69) is 47.8 Å². The van der Waals surface area contributed by atoms with Gasteiger partial charge >= 0.3 is 0 Å². The molecule has 1 nitrogen and oxygen atoms in total. The molecule has 0 aromatic carbocycles. The van der Waals surface area contributed by atoms with Gasteiger partial charge in [0, 0.05) is 11.5 Å². The van der Waals surface area contributed by atoms with E-state index < -0.39 is 0 Å². The van der Waals surface area contributed by atoms with Gasteiger partial charge in [-0.2, -0.15) is 0 Å². The quantitative estimate of drug-likeness (QED) is 0.643. The van der Waals surface area contributed by atoms with Crippen molar-refractivity contribution in [1.29, 1.82) is 0 Å². The molecule has 2 heteroatoms. The number of nitrogens with zero attached hydrogens (tertiary/aromatic N) is 1. The molecule has 0 saturated carbocycles. The molecular weight excluding hydrogens is 202 g/mol. The third-order valence-corrected chi connectivity index (χ3v) is 2.15. The van der Waals surface area contributed by atoms with E-state index in [0.717, 1.165) is 16.6 Å². The summed E-state index contributed by atoms with van der Waals surface area (Å²) in [5.41, 5.74) is 1.15. The largest absolute Gasteiger partial charge is 0.292 e. The Kier molecular flexibility index (Phi) is 5.47. The van der Waals surface area contributed by atoms with Gasteiger partial charge in [-0.05, 0) is 28.3 Å². The van der Waals surface area contributed by atoms with Crippen molar-refractivity contribution in [3.63, 3.8) is 0 Å². The van der Waals surface area contributed by atoms with Crippen molar-refractivity contribution < 1.29 is 0 Å². The Morgan fingerprint density at radius 2 is 2.09 bits per heavy atom. The predicted molar refractivity (Wildman–Crippen MR) is 55.5 cm³/mol. The first-order valence-electron chi connectivity index (χ1n) is 3.96. The molecule has 0 aromatic heterocycles. The lowest BCUT2D eigenvalue weighted by Gasteiger charge is -2.07. The Morgan fingerprint density at radius 3 is 2.36 bits per heavy atom. The lowest BCUT2D eigenvalue weighted by Crippen LogP contribution is -2.06. The van der Waals surface area contributed by atoms with Crippen molar-refractivity contribution in [2.24, 2.45) is 10.9 Å². The summed E-state index contributed by atoms with van der Waals surface area (Å²) < 4.78 is 1.14. The average molecular weight is 218 g/mol. The van der Waals surface area contributed by atoms with Crippen LogP contribution in [0.3, 0.4) is 0 Å². The first kappa shape index (κ1) is 10.9. The van der Waals surface area contributed by atoms with Crippen LogP contribution in [0.1, 0.15) is 27.2 Å². The number of hydrogen-bond donors (Lipinski definition) is 0. The van der Waals surface area contributed by atoms with Gasteiger partial charge in [0.15, 0.2) is 0 Å². The molecular formula is C9H16BrN. The lowest BCUT2D eigenvalue weighted by molar-refractivity contribution is 0.884. The van der Waals surface area contributed by atoms with Crippen LogP contribution in [0.25, 0.3) is 0 Å². The standard InChI is InChI=1S/C9H16BrN/c1-5-6-8(10)9(11-4)7(2)3/h6-7H,5H2,1-4H3/b8-6+,11-9?. The highest BCUT2D eigenvalue weighted by Gasteiger charge is 2.06. The maximum absolute atomic E-state index is 4.21. The fraction of sp³-hybridized carbons (Fsp3) is 0.667. The molecule has 0 N–H and O–H groups in total. The van der Waals surface area contributed by atoms with E-state index in [-0.39, 0.29) is 0 Å². The highest BCUT2D eigenvalue weighted by molar-refractivity contribution is 9.12. The average Bonchev–Trinajstić information content (AvgIpc) is 1.88. The molecule has 0 bridgehead atoms. The summed E-state index contributed by atoms with van der Waals surface area (Å²) in [6.07, 6.45) is 3.19. The van der Waals surface area contributed by atoms with Gasteiger partial charge in [0.2, 0.25) is 0 Å². The molecule has 0 aliphatic carbocycles. The highest BCUT2D eigenvalue weighted by atomic mass is 79.9. The van der Waals surface area contributed by atoms with E-state index in [0.29, 0.717) is 5.92 Å². The number of allylic oxidation sites excluding steroid dienone is 2. The molecule has 0 rings (SSSR count). The van der Waals surface area contributed by atoms with Crippen molar-refractivity contribution in [2.75, 3.05) is 7.05 Å². The van der Waals surface area contributed by atoms with Crippen LogP contribution in [0.5, 0.6) is 0 Å². The second-order valence-corrected chi connectivity index (χ2v) is 3.58. The summed E-state index contributed by atoms with van der Waals surface area (Å²) in [5.74, 6) is 0.497. The molecule has 64 valence electrons. The molecule has 0 heterocycles. The molecule has 0 amide bonds. The van der Waals surface area contributed by atoms with Gasteiger partial charge in [0.1, 0.15) is 0 Å². The summed E-state index contributed by atoms with van der Waals surface area (Å²) in [4.78, 5) is 4.21. The van der Waals surface area contributed by atoms with Gasteiger partial charge in [-0.15, -0.1) is 0 Å². The molecule has 11 heavy (non-hydrogen) atoms. The van der Waals surface area contributed by atoms with Gasteiger partial charge in [-0.3, -0.25) is 4.99 Å². The Morgan fingerprint density at radius 1 is 1.55 bits per heavy atom. The molecule has 0 aromatic rings. The van der Waals surface area contributed by atoms with Gasteiger partial charge in [0.25, 0.3) is 0 Å². The molecule has 0 saturated heterocycles. The van der Waals surface area contributed by atoms with E-state index in [4.69, 9.17) is 0 Å². The van der Waals surface area contributed by atoms with Crippen molar-refractivity contribution in [2.45, 2.75) is 27.2 Å². The summed E-state index contributed by atoms with van der Waals surface area (Å²) in [5, 5.41) is 0. The SMILES string of the molecule is CC/C=C(/Br)C(=NC)C(C)C. The molecule has 0 unspecified atom stereocenters. The summed E-state index contributed by atoms with van der Waals surface area (Å²) in [6.45, 7) is 6.41. The smallest absolute Gasteiger partial charge is 0.0508 e. The Hall–Kier alpha value is -0.110. The van der Waals surface area contributed by atoms with Crippen LogP contribution < -0.4 is 0 Å². The maximum Gasteiger partial charge on any atom is 0.0508 e. The zero-order valence-corrected chi connectivity index (χ0v) is 9.27. The fourth-order valence-corrected chi connectivity index (χ4v) is 1.88. The molecule has 0 atom stereocenters. The van der Waals surface area contributed by atoms with Crippen LogP contribution in [0.4, 0.5) is 0 Å². The molecule has 0 aliphatic rings. The van der Waals surface area contributed by atoms with Crippen molar-refractivity contribution >= 4 is 21.6 Å². The first-order chi connectivity index (χ1) is 5.13. The number of hydrogen-bond acceptors (Lipinski definition) is 1. The van der Waals surface area contributed by atoms with Gasteiger partial charge in [-0.1, -0.05) is 26.8 Å². The molecule has 0 aliphatic heterocycles. The van der Waals surface area contributed by atoms with Crippen LogP contribution in [-0.2, 0) is 0 Å². The van der Waals surface area contributed by atoms with Crippen molar-refractivity contribution in [1.82, 2.24) is 0 Å². The van der Waals surface area contributed by atoms with Crippen molar-refractivity contribution in [3.8, 4) is 0 Å². The van der Waals surface area contributed by atoms with E-state index in [1.165, 1.54) is 0 Å². The lowest BCUT2D eigenvalue weighted by atomic mass is 10.1. The van der Waals surface area contributed by atoms with Gasteiger partial charge in [-0.25, -0.2) is 0 Å². The van der Waals surface area contributed by atoms with E-state index in [1.807, 2.05) is 7.05 Å². The third kappa shape index (κ3) is 3.71. The summed E-state index contributed by atoms with van der Waals surface area (Å²) in [6, 6.07) is 0. The third-order valence-electron chi connectivity index (χ3n) is 1.42. The number of aliphatic imine (C=N–C) groups is 1. The zero-order valence-electron chi connectivity index (χ0n) is 7.69. The monoisotopic (exact) mass is 217 g/mol. The Bertz CT molecular complexity index is 168. The van der Waals surface area contributed by atoms with Crippen LogP contribution in [0.2, 0.25) is 0 Å². The normalized spacial score (nSPS) is 14.4. The Balaban J connectivity index is 4.40. The Labute approximate surface area is 77.7 Å². The maximum atomic E-state index is 4.21. The topological polar surface area (TPSA) is 12.4 Å². The van der Waals surface area contributed by atoms with E-state index in [1.54, 1.807) is 0 Å². The number of rotatable bonds is 3. The second-order valence-electron chi connectivity index (χ2n) is 2.72. The minimum atomic E-state index is 0.497. The van der Waals surface area contributed by atoms with Crippen LogP contribution in [0, 0.1) is 5.92 Å². The van der Waals surface area contributed by atoms with E-state index >= 15 is 0 Å². The molecule has 0 radical (unpaired) electrons. The highest BCUT2D eigenvalue weighted by Crippen LogP contribution is 2.14. The zero-order chi connectivity index (χ0) is 8.85. The minimum absolute atomic E-state index is 0.497. The number of halogens is 1. The predicted octanol–water partition coefficient (Wildman–Crippen LogP) is 3.40. The van der Waals surface area contributed by atoms with Crippen LogP contribution >= 0.6 is 15.9 Å².